The smallest absolute Gasteiger partial charge is 0.309 e. The number of amides is 1. The second-order valence-electron chi connectivity index (χ2n) is 5.81. The summed E-state index contributed by atoms with van der Waals surface area (Å²) in [5.74, 6) is 0.727. The molecular formula is C17H21N3O3. The van der Waals surface area contributed by atoms with Crippen molar-refractivity contribution < 1.29 is 13.9 Å². The first kappa shape index (κ1) is 15.5. The Morgan fingerprint density at radius 3 is 2.74 bits per heavy atom. The molecule has 0 unspecified atom stereocenters. The number of nitrogens with one attached hydrogen (secondary N) is 1. The highest BCUT2D eigenvalue weighted by Crippen LogP contribution is 2.23. The predicted molar refractivity (Wildman–Crippen MR) is 85.2 cm³/mol. The van der Waals surface area contributed by atoms with Crippen LogP contribution in [0.2, 0.25) is 0 Å². The first-order chi connectivity index (χ1) is 11.3. The third kappa shape index (κ3) is 3.88. The van der Waals surface area contributed by atoms with Crippen molar-refractivity contribution in [1.29, 1.82) is 0 Å². The molecule has 23 heavy (non-hydrogen) atoms. The molecule has 1 fully saturated rings. The van der Waals surface area contributed by atoms with Crippen molar-refractivity contribution in [3.63, 3.8) is 0 Å². The number of nitrogens with zero attached hydrogens (tertiary/aromatic N) is 2. The quantitative estimate of drug-likeness (QED) is 0.877. The van der Waals surface area contributed by atoms with Crippen LogP contribution in [0.3, 0.4) is 0 Å². The third-order valence-corrected chi connectivity index (χ3v) is 4.13. The van der Waals surface area contributed by atoms with Crippen LogP contribution in [-0.2, 0) is 0 Å². The van der Waals surface area contributed by atoms with Gasteiger partial charge in [0.1, 0.15) is 5.75 Å². The van der Waals surface area contributed by atoms with Crippen LogP contribution in [0.15, 0.2) is 28.7 Å². The van der Waals surface area contributed by atoms with E-state index >= 15 is 0 Å². The molecular weight excluding hydrogens is 294 g/mol. The van der Waals surface area contributed by atoms with Crippen LogP contribution in [0, 0.1) is 0 Å². The lowest BCUT2D eigenvalue weighted by atomic mass is 10.1. The number of rotatable bonds is 4. The van der Waals surface area contributed by atoms with E-state index in [0.29, 0.717) is 11.6 Å². The van der Waals surface area contributed by atoms with Crippen molar-refractivity contribution in [3.8, 4) is 17.2 Å². The van der Waals surface area contributed by atoms with Gasteiger partial charge in [-0.3, -0.25) is 4.79 Å². The van der Waals surface area contributed by atoms with E-state index in [1.165, 1.54) is 12.8 Å². The molecule has 2 aromatic rings. The third-order valence-electron chi connectivity index (χ3n) is 4.13. The van der Waals surface area contributed by atoms with Gasteiger partial charge in [0, 0.05) is 11.6 Å². The van der Waals surface area contributed by atoms with Crippen LogP contribution in [0.1, 0.15) is 49.2 Å². The van der Waals surface area contributed by atoms with Gasteiger partial charge in [-0.2, -0.15) is 0 Å². The molecule has 1 heterocycles. The van der Waals surface area contributed by atoms with E-state index in [0.717, 1.165) is 31.2 Å². The lowest BCUT2D eigenvalue weighted by molar-refractivity contribution is 0.0899. The maximum Gasteiger partial charge on any atom is 0.309 e. The van der Waals surface area contributed by atoms with E-state index in [9.17, 15) is 4.79 Å². The Kier molecular flexibility index (Phi) is 4.90. The molecule has 0 radical (unpaired) electrons. The van der Waals surface area contributed by atoms with Gasteiger partial charge in [-0.05, 0) is 31.0 Å². The monoisotopic (exact) mass is 315 g/mol. The Morgan fingerprint density at radius 1 is 1.22 bits per heavy atom. The normalized spacial score (nSPS) is 15.9. The van der Waals surface area contributed by atoms with E-state index in [1.54, 1.807) is 13.2 Å². The number of methoxy groups -OCH3 is 1. The number of carbonyl (C=O) groups is 1. The maximum absolute atomic E-state index is 12.3. The highest BCUT2D eigenvalue weighted by molar-refractivity contribution is 5.89. The molecule has 1 amide bonds. The van der Waals surface area contributed by atoms with E-state index in [2.05, 4.69) is 15.5 Å². The van der Waals surface area contributed by atoms with Gasteiger partial charge in [-0.15, -0.1) is 10.2 Å². The van der Waals surface area contributed by atoms with Gasteiger partial charge >= 0.3 is 11.8 Å². The minimum atomic E-state index is -0.293. The highest BCUT2D eigenvalue weighted by Gasteiger charge is 2.20. The molecule has 1 N–H and O–H groups in total. The molecule has 1 aliphatic rings. The minimum Gasteiger partial charge on any atom is -0.497 e. The molecule has 1 aromatic heterocycles. The molecule has 0 saturated heterocycles. The predicted octanol–water partition coefficient (Wildman–Crippen LogP) is 3.20. The van der Waals surface area contributed by atoms with Gasteiger partial charge in [-0.1, -0.05) is 31.7 Å². The molecule has 6 nitrogen and oxygen atoms in total. The number of ether oxygens (including phenoxy) is 1. The SMILES string of the molecule is COc1cccc(-c2nnc(C(=O)NC3CCCCCC3)o2)c1. The summed E-state index contributed by atoms with van der Waals surface area (Å²) < 4.78 is 10.7. The lowest BCUT2D eigenvalue weighted by Crippen LogP contribution is -2.34. The van der Waals surface area contributed by atoms with E-state index < -0.39 is 0 Å². The van der Waals surface area contributed by atoms with Gasteiger partial charge < -0.3 is 14.5 Å². The van der Waals surface area contributed by atoms with Gasteiger partial charge in [-0.25, -0.2) is 0 Å². The molecule has 1 saturated carbocycles. The fourth-order valence-corrected chi connectivity index (χ4v) is 2.86. The number of carbonyl (C=O) groups excluding carboxylic acids is 1. The summed E-state index contributed by atoms with van der Waals surface area (Å²) in [5, 5.41) is 10.8. The average Bonchev–Trinajstić information content (AvgIpc) is 2.95. The van der Waals surface area contributed by atoms with Crippen molar-refractivity contribution in [3.05, 3.63) is 30.2 Å². The zero-order chi connectivity index (χ0) is 16.1. The fraction of sp³-hybridized carbons (Fsp3) is 0.471. The maximum atomic E-state index is 12.3. The standard InChI is InChI=1S/C17H21N3O3/c1-22-14-10-6-7-12(11-14)16-19-20-17(23-16)15(21)18-13-8-4-2-3-5-9-13/h6-7,10-11,13H,2-5,8-9H2,1H3,(H,18,21). The second-order valence-corrected chi connectivity index (χ2v) is 5.81. The zero-order valence-corrected chi connectivity index (χ0v) is 13.2. The molecule has 1 aliphatic carbocycles. The Balaban J connectivity index is 1.69. The number of hydrogen-bond donors (Lipinski definition) is 1. The zero-order valence-electron chi connectivity index (χ0n) is 13.2. The van der Waals surface area contributed by atoms with Crippen LogP contribution in [0.5, 0.6) is 5.75 Å². The number of aromatic nitrogens is 2. The van der Waals surface area contributed by atoms with E-state index in [1.807, 2.05) is 18.2 Å². The van der Waals surface area contributed by atoms with Gasteiger partial charge in [0.25, 0.3) is 0 Å². The van der Waals surface area contributed by atoms with E-state index in [4.69, 9.17) is 9.15 Å². The van der Waals surface area contributed by atoms with Crippen molar-refractivity contribution in [2.75, 3.05) is 7.11 Å². The van der Waals surface area contributed by atoms with Crippen molar-refractivity contribution in [2.24, 2.45) is 0 Å². The van der Waals surface area contributed by atoms with E-state index in [-0.39, 0.29) is 17.8 Å². The van der Waals surface area contributed by atoms with Crippen molar-refractivity contribution in [1.82, 2.24) is 15.5 Å². The van der Waals surface area contributed by atoms with Crippen LogP contribution >= 0.6 is 0 Å². The summed E-state index contributed by atoms with van der Waals surface area (Å²) in [4.78, 5) is 12.3. The second kappa shape index (κ2) is 7.26. The van der Waals surface area contributed by atoms with Crippen molar-refractivity contribution >= 4 is 5.91 Å². The highest BCUT2D eigenvalue weighted by atomic mass is 16.5. The van der Waals surface area contributed by atoms with Crippen molar-refractivity contribution in [2.45, 2.75) is 44.6 Å². The molecule has 122 valence electrons. The summed E-state index contributed by atoms with van der Waals surface area (Å²) >= 11 is 0. The van der Waals surface area contributed by atoms with Gasteiger partial charge in [0.2, 0.25) is 5.89 Å². The molecule has 0 aliphatic heterocycles. The van der Waals surface area contributed by atoms with Crippen LogP contribution < -0.4 is 10.1 Å². The molecule has 3 rings (SSSR count). The van der Waals surface area contributed by atoms with Gasteiger partial charge in [0.15, 0.2) is 0 Å². The first-order valence-corrected chi connectivity index (χ1v) is 8.05. The molecule has 0 atom stereocenters. The molecule has 1 aromatic carbocycles. The topological polar surface area (TPSA) is 77.2 Å². The molecule has 6 heteroatoms. The summed E-state index contributed by atoms with van der Waals surface area (Å²) in [7, 11) is 1.60. The Morgan fingerprint density at radius 2 is 2.00 bits per heavy atom. The number of benzene rings is 1. The van der Waals surface area contributed by atoms with Crippen LogP contribution in [-0.4, -0.2) is 29.3 Å². The lowest BCUT2D eigenvalue weighted by Gasteiger charge is -2.14. The Labute approximate surface area is 135 Å². The molecule has 0 bridgehead atoms. The largest absolute Gasteiger partial charge is 0.497 e. The Hall–Kier alpha value is -2.37. The summed E-state index contributed by atoms with van der Waals surface area (Å²) in [6.07, 6.45) is 6.83. The minimum absolute atomic E-state index is 0.00654. The van der Waals surface area contributed by atoms with Gasteiger partial charge in [0.05, 0.1) is 7.11 Å². The summed E-state index contributed by atoms with van der Waals surface area (Å²) in [6.45, 7) is 0. The first-order valence-electron chi connectivity index (χ1n) is 8.05. The Bertz CT molecular complexity index is 661. The fourth-order valence-electron chi connectivity index (χ4n) is 2.86. The average molecular weight is 315 g/mol. The molecule has 0 spiro atoms. The summed E-state index contributed by atoms with van der Waals surface area (Å²) in [6, 6.07) is 7.50. The summed E-state index contributed by atoms with van der Waals surface area (Å²) in [5.41, 5.74) is 0.727. The van der Waals surface area contributed by atoms with Crippen LogP contribution in [0.4, 0.5) is 0 Å². The van der Waals surface area contributed by atoms with Crippen LogP contribution in [0.25, 0.3) is 11.5 Å². The number of hydrogen-bond acceptors (Lipinski definition) is 5.